The SMILES string of the molecule is CCOc1ccc(NC(=O)[C@H]2[C@H]3C(=O)N([C@@H](CO)[C@@H](C)CC)C(C(=O)NCCN4CCOCC4)C34CC(Br)[C@@H]2O4)cc1. The zero-order valence-corrected chi connectivity index (χ0v) is 26.2. The Labute approximate surface area is 255 Å². The molecule has 1 aromatic carbocycles. The summed E-state index contributed by atoms with van der Waals surface area (Å²) >= 11 is 3.71. The van der Waals surface area contributed by atoms with Crippen LogP contribution in [0.25, 0.3) is 0 Å². The minimum absolute atomic E-state index is 0.0640. The molecule has 3 N–H and O–H groups in total. The fraction of sp³-hybridized carbons (Fsp3) is 0.700. The molecule has 0 aliphatic carbocycles. The summed E-state index contributed by atoms with van der Waals surface area (Å²) in [6.07, 6.45) is 0.561. The number of amides is 3. The highest BCUT2D eigenvalue weighted by Gasteiger charge is 2.77. The normalized spacial score (nSPS) is 32.0. The Morgan fingerprint density at radius 1 is 1.19 bits per heavy atom. The molecule has 4 heterocycles. The van der Waals surface area contributed by atoms with Crippen molar-refractivity contribution in [2.24, 2.45) is 17.8 Å². The Hall–Kier alpha value is -2.25. The minimum Gasteiger partial charge on any atom is -0.494 e. The van der Waals surface area contributed by atoms with Gasteiger partial charge in [0.05, 0.1) is 50.4 Å². The molecular weight excluding hydrogens is 608 g/mol. The Bertz CT molecular complexity index is 1130. The Kier molecular flexibility index (Phi) is 9.78. The maximum atomic E-state index is 14.3. The summed E-state index contributed by atoms with van der Waals surface area (Å²) in [6, 6.07) is 5.54. The number of nitrogens with one attached hydrogen (secondary N) is 2. The van der Waals surface area contributed by atoms with Crippen molar-refractivity contribution < 1.29 is 33.7 Å². The van der Waals surface area contributed by atoms with E-state index in [1.165, 1.54) is 0 Å². The van der Waals surface area contributed by atoms with Crippen molar-refractivity contribution in [2.45, 2.75) is 62.2 Å². The third kappa shape index (κ3) is 5.68. The van der Waals surface area contributed by atoms with E-state index in [0.717, 1.165) is 13.1 Å². The molecule has 11 nitrogen and oxygen atoms in total. The number of halogens is 1. The minimum atomic E-state index is -1.18. The van der Waals surface area contributed by atoms with Gasteiger partial charge in [-0.3, -0.25) is 19.3 Å². The average molecular weight is 652 g/mol. The van der Waals surface area contributed by atoms with Crippen LogP contribution in [0.5, 0.6) is 5.75 Å². The highest BCUT2D eigenvalue weighted by Crippen LogP contribution is 2.60. The lowest BCUT2D eigenvalue weighted by Crippen LogP contribution is -2.59. The van der Waals surface area contributed by atoms with E-state index in [1.54, 1.807) is 29.2 Å². The van der Waals surface area contributed by atoms with Crippen LogP contribution in [0.15, 0.2) is 24.3 Å². The fourth-order valence-electron chi connectivity index (χ4n) is 7.12. The van der Waals surface area contributed by atoms with Crippen LogP contribution in [-0.2, 0) is 23.9 Å². The third-order valence-corrected chi connectivity index (χ3v) is 10.2. The average Bonchev–Trinajstić information content (AvgIpc) is 3.58. The third-order valence-electron chi connectivity index (χ3n) is 9.39. The lowest BCUT2D eigenvalue weighted by molar-refractivity contribution is -0.146. The van der Waals surface area contributed by atoms with Crippen LogP contribution in [0.4, 0.5) is 5.69 Å². The topological polar surface area (TPSA) is 130 Å². The van der Waals surface area contributed by atoms with Crippen molar-refractivity contribution in [3.05, 3.63) is 24.3 Å². The van der Waals surface area contributed by atoms with Gasteiger partial charge in [0.2, 0.25) is 17.7 Å². The summed E-state index contributed by atoms with van der Waals surface area (Å²) in [6.45, 7) is 10.1. The predicted molar refractivity (Wildman–Crippen MR) is 159 cm³/mol. The largest absolute Gasteiger partial charge is 0.494 e. The number of benzene rings is 1. The summed E-state index contributed by atoms with van der Waals surface area (Å²) in [5.41, 5.74) is -0.598. The number of carbonyl (C=O) groups is 3. The van der Waals surface area contributed by atoms with Gasteiger partial charge in [-0.1, -0.05) is 36.2 Å². The molecular formula is C30H43BrN4O7. The number of hydrogen-bond donors (Lipinski definition) is 3. The second kappa shape index (κ2) is 13.2. The number of likely N-dealkylation sites (tertiary alicyclic amines) is 1. The number of nitrogens with zero attached hydrogens (tertiary/aromatic N) is 2. The van der Waals surface area contributed by atoms with Crippen molar-refractivity contribution in [2.75, 3.05) is 57.9 Å². The van der Waals surface area contributed by atoms with E-state index in [1.807, 2.05) is 20.8 Å². The molecule has 232 valence electrons. The summed E-state index contributed by atoms with van der Waals surface area (Å²) in [4.78, 5) is 45.7. The molecule has 4 aliphatic rings. The van der Waals surface area contributed by atoms with Crippen molar-refractivity contribution in [1.29, 1.82) is 0 Å². The Balaban J connectivity index is 1.41. The van der Waals surface area contributed by atoms with Crippen molar-refractivity contribution in [3.8, 4) is 5.75 Å². The van der Waals surface area contributed by atoms with Gasteiger partial charge in [-0.25, -0.2) is 0 Å². The first-order valence-corrected chi connectivity index (χ1v) is 16.0. The first-order valence-electron chi connectivity index (χ1n) is 15.1. The molecule has 2 bridgehead atoms. The van der Waals surface area contributed by atoms with Gasteiger partial charge < -0.3 is 34.9 Å². The zero-order chi connectivity index (χ0) is 30.0. The number of hydrogen-bond acceptors (Lipinski definition) is 8. The van der Waals surface area contributed by atoms with Gasteiger partial charge >= 0.3 is 0 Å². The van der Waals surface area contributed by atoms with Crippen LogP contribution >= 0.6 is 15.9 Å². The summed E-state index contributed by atoms with van der Waals surface area (Å²) < 4.78 is 17.5. The van der Waals surface area contributed by atoms with Gasteiger partial charge in [-0.2, -0.15) is 0 Å². The van der Waals surface area contributed by atoms with Gasteiger partial charge in [0.25, 0.3) is 0 Å². The Morgan fingerprint density at radius 3 is 2.55 bits per heavy atom. The van der Waals surface area contributed by atoms with Crippen LogP contribution in [-0.4, -0.2) is 114 Å². The van der Waals surface area contributed by atoms with E-state index < -0.39 is 35.6 Å². The molecule has 1 spiro atoms. The number of ether oxygens (including phenoxy) is 3. The number of alkyl halides is 1. The van der Waals surface area contributed by atoms with Crippen molar-refractivity contribution in [1.82, 2.24) is 15.1 Å². The maximum absolute atomic E-state index is 14.3. The maximum Gasteiger partial charge on any atom is 0.245 e. The fourth-order valence-corrected chi connectivity index (χ4v) is 8.07. The van der Waals surface area contributed by atoms with Crippen LogP contribution in [0, 0.1) is 17.8 Å². The van der Waals surface area contributed by atoms with E-state index in [9.17, 15) is 19.5 Å². The molecule has 42 heavy (non-hydrogen) atoms. The monoisotopic (exact) mass is 650 g/mol. The molecule has 3 amide bonds. The van der Waals surface area contributed by atoms with Crippen LogP contribution < -0.4 is 15.4 Å². The molecule has 0 aromatic heterocycles. The number of aliphatic hydroxyl groups excluding tert-OH is 1. The van der Waals surface area contributed by atoms with Gasteiger partial charge in [0.1, 0.15) is 17.4 Å². The quantitative estimate of drug-likeness (QED) is 0.291. The first-order chi connectivity index (χ1) is 20.2. The molecule has 4 saturated heterocycles. The van der Waals surface area contributed by atoms with Gasteiger partial charge in [0.15, 0.2) is 0 Å². The molecule has 4 aliphatic heterocycles. The zero-order valence-electron chi connectivity index (χ0n) is 24.6. The lowest BCUT2D eigenvalue weighted by atomic mass is 9.70. The van der Waals surface area contributed by atoms with Crippen LogP contribution in [0.1, 0.15) is 33.6 Å². The van der Waals surface area contributed by atoms with E-state index in [4.69, 9.17) is 14.2 Å². The number of aliphatic hydroxyl groups is 1. The van der Waals surface area contributed by atoms with Gasteiger partial charge in [-0.05, 0) is 43.5 Å². The lowest BCUT2D eigenvalue weighted by Gasteiger charge is -2.39. The summed E-state index contributed by atoms with van der Waals surface area (Å²) in [5.74, 6) is -1.95. The van der Waals surface area contributed by atoms with Crippen molar-refractivity contribution >= 4 is 39.3 Å². The summed E-state index contributed by atoms with van der Waals surface area (Å²) in [7, 11) is 0. The molecule has 3 unspecified atom stereocenters. The highest BCUT2D eigenvalue weighted by atomic mass is 79.9. The number of morpholine rings is 1. The second-order valence-electron chi connectivity index (χ2n) is 11.7. The molecule has 12 heteroatoms. The number of carbonyl (C=O) groups excluding carboxylic acids is 3. The highest BCUT2D eigenvalue weighted by molar-refractivity contribution is 9.09. The molecule has 8 atom stereocenters. The van der Waals surface area contributed by atoms with Gasteiger partial charge in [-0.15, -0.1) is 0 Å². The molecule has 0 saturated carbocycles. The second-order valence-corrected chi connectivity index (χ2v) is 12.9. The Morgan fingerprint density at radius 2 is 1.90 bits per heavy atom. The number of anilines is 1. The van der Waals surface area contributed by atoms with E-state index in [-0.39, 0.29) is 35.1 Å². The van der Waals surface area contributed by atoms with Crippen LogP contribution in [0.3, 0.4) is 0 Å². The van der Waals surface area contributed by atoms with E-state index >= 15 is 0 Å². The summed E-state index contributed by atoms with van der Waals surface area (Å²) in [5, 5.41) is 16.5. The van der Waals surface area contributed by atoms with Gasteiger partial charge in [0, 0.05) is 36.7 Å². The standard InChI is InChI=1S/C30H43BrN4O7/c1-4-18(3)22(17-36)35-26(28(38)32-10-11-34-12-14-40-15-13-34)30-16-21(31)25(42-30)23(24(30)29(35)39)27(37)33-19-6-8-20(9-7-19)41-5-2/h6-9,18,21-26,36H,4-5,10-17H2,1-3H3,(H,32,38)(H,33,37)/t18-,21?,22-,23-,24-,25-,26?,30?/m0/s1. The molecule has 1 aromatic rings. The smallest absolute Gasteiger partial charge is 0.245 e. The van der Waals surface area contributed by atoms with E-state index in [0.29, 0.717) is 57.2 Å². The molecule has 4 fully saturated rings. The number of rotatable bonds is 12. The predicted octanol–water partition coefficient (Wildman–Crippen LogP) is 1.63. The number of fused-ring (bicyclic) bond motifs is 1. The van der Waals surface area contributed by atoms with Crippen LogP contribution in [0.2, 0.25) is 0 Å². The molecule has 5 rings (SSSR count). The van der Waals surface area contributed by atoms with E-state index in [2.05, 4.69) is 31.5 Å². The molecule has 0 radical (unpaired) electrons. The first kappa shape index (κ1) is 31.2. The van der Waals surface area contributed by atoms with Crippen molar-refractivity contribution in [3.63, 3.8) is 0 Å².